The molecule has 55 heavy (non-hydrogen) atoms. The predicted molar refractivity (Wildman–Crippen MR) is 220 cm³/mol. The van der Waals surface area contributed by atoms with E-state index in [1.165, 1.54) is 0 Å². The Hall–Kier alpha value is -7.29. The molecule has 1 aliphatic heterocycles. The van der Waals surface area contributed by atoms with Crippen molar-refractivity contribution in [2.75, 3.05) is 0 Å². The molecule has 3 heterocycles. The molecule has 0 radical (unpaired) electrons. The van der Waals surface area contributed by atoms with Gasteiger partial charge in [0.15, 0.2) is 5.82 Å². The third-order valence-corrected chi connectivity index (χ3v) is 10.8. The fourth-order valence-corrected chi connectivity index (χ4v) is 7.93. The number of furan rings is 1. The van der Waals surface area contributed by atoms with Crippen molar-refractivity contribution in [3.8, 4) is 73.7 Å². The first-order chi connectivity index (χ1) is 26.9. The van der Waals surface area contributed by atoms with Crippen LogP contribution in [0, 0.1) is 11.3 Å². The van der Waals surface area contributed by atoms with Gasteiger partial charge in [0, 0.05) is 49.6 Å². The molecule has 5 heteroatoms. The topological polar surface area (TPSA) is 71.9 Å². The van der Waals surface area contributed by atoms with Gasteiger partial charge in [-0.15, -0.1) is 0 Å². The zero-order chi connectivity index (χ0) is 37.1. The Morgan fingerprint density at radius 1 is 0.509 bits per heavy atom. The summed E-state index contributed by atoms with van der Waals surface area (Å²) in [5.74, 6) is 2.18. The standard InChI is InChI=1S/C50H33N3O2/c1-50(2)41-25-19-31(30-51)27-47(41)54-46-26-24-35(28-42(46)50)36-13-6-7-14-38(36)44-29-43(52-49(53-44)34-11-4-3-5-12-34)33-22-20-32(21-23-33)37-16-10-17-40-39-15-8-9-18-45(39)55-48(37)40/h3-29H,1-2H3. The first kappa shape index (κ1) is 32.4. The first-order valence-corrected chi connectivity index (χ1v) is 18.4. The quantitative estimate of drug-likeness (QED) is 0.178. The molecule has 10 rings (SSSR count). The van der Waals surface area contributed by atoms with Crippen molar-refractivity contribution < 1.29 is 9.15 Å². The number of nitrogens with zero attached hydrogens (tertiary/aromatic N) is 3. The van der Waals surface area contributed by atoms with Crippen LogP contribution in [-0.2, 0) is 5.41 Å². The highest BCUT2D eigenvalue weighted by molar-refractivity contribution is 6.09. The van der Waals surface area contributed by atoms with E-state index in [1.54, 1.807) is 0 Å². The molecule has 2 aromatic heterocycles. The molecule has 0 spiro atoms. The van der Waals surface area contributed by atoms with Crippen LogP contribution >= 0.6 is 0 Å². The van der Waals surface area contributed by atoms with Crippen molar-refractivity contribution in [1.82, 2.24) is 9.97 Å². The van der Waals surface area contributed by atoms with E-state index in [0.717, 1.165) is 94.9 Å². The lowest BCUT2D eigenvalue weighted by Gasteiger charge is -2.35. The van der Waals surface area contributed by atoms with Crippen LogP contribution in [0.3, 0.4) is 0 Å². The normalized spacial score (nSPS) is 12.8. The van der Waals surface area contributed by atoms with Gasteiger partial charge in [0.25, 0.3) is 0 Å². The molecule has 0 aliphatic carbocycles. The largest absolute Gasteiger partial charge is 0.457 e. The smallest absolute Gasteiger partial charge is 0.160 e. The van der Waals surface area contributed by atoms with Crippen LogP contribution in [0.1, 0.15) is 30.5 Å². The Morgan fingerprint density at radius 3 is 2.04 bits per heavy atom. The Balaban J connectivity index is 1.07. The van der Waals surface area contributed by atoms with Gasteiger partial charge in [0.2, 0.25) is 0 Å². The molecule has 0 atom stereocenters. The summed E-state index contributed by atoms with van der Waals surface area (Å²) in [6.45, 7) is 4.42. The van der Waals surface area contributed by atoms with Gasteiger partial charge in [0.05, 0.1) is 23.0 Å². The number of fused-ring (bicyclic) bond motifs is 5. The second-order valence-corrected chi connectivity index (χ2v) is 14.5. The number of ether oxygens (including phenoxy) is 1. The molecule has 0 N–H and O–H groups in total. The third kappa shape index (κ3) is 5.47. The Bertz CT molecular complexity index is 2990. The fourth-order valence-electron chi connectivity index (χ4n) is 7.93. The predicted octanol–water partition coefficient (Wildman–Crippen LogP) is 13.0. The van der Waals surface area contributed by atoms with Crippen molar-refractivity contribution in [1.29, 1.82) is 5.26 Å². The lowest BCUT2D eigenvalue weighted by Crippen LogP contribution is -2.24. The summed E-state index contributed by atoms with van der Waals surface area (Å²) in [6, 6.07) is 58.0. The molecule has 7 aromatic carbocycles. The van der Waals surface area contributed by atoms with E-state index in [0.29, 0.717) is 11.4 Å². The average molecular weight is 708 g/mol. The van der Waals surface area contributed by atoms with E-state index < -0.39 is 0 Å². The SMILES string of the molecule is CC1(C)c2ccc(C#N)cc2Oc2ccc(-c3ccccc3-c3cc(-c4ccc(-c5cccc6c5oc5ccccc56)cc4)nc(-c4ccccc4)n3)cc21. The lowest BCUT2D eigenvalue weighted by molar-refractivity contribution is 0.418. The summed E-state index contributed by atoms with van der Waals surface area (Å²) in [5, 5.41) is 11.7. The van der Waals surface area contributed by atoms with Crippen LogP contribution in [-0.4, -0.2) is 9.97 Å². The molecule has 0 amide bonds. The maximum atomic E-state index is 9.50. The van der Waals surface area contributed by atoms with E-state index in [-0.39, 0.29) is 5.41 Å². The minimum atomic E-state index is -0.341. The summed E-state index contributed by atoms with van der Waals surface area (Å²) in [7, 11) is 0. The fraction of sp³-hybridized carbons (Fsp3) is 0.0600. The van der Waals surface area contributed by atoms with Gasteiger partial charge in [-0.05, 0) is 53.1 Å². The highest BCUT2D eigenvalue weighted by Crippen LogP contribution is 2.49. The maximum absolute atomic E-state index is 9.50. The lowest BCUT2D eigenvalue weighted by atomic mass is 9.74. The van der Waals surface area contributed by atoms with Gasteiger partial charge in [-0.3, -0.25) is 0 Å². The molecular formula is C50H33N3O2. The number of nitriles is 1. The van der Waals surface area contributed by atoms with Crippen molar-refractivity contribution in [2.45, 2.75) is 19.3 Å². The Kier molecular flexibility index (Phi) is 7.47. The van der Waals surface area contributed by atoms with Crippen LogP contribution in [0.4, 0.5) is 0 Å². The minimum absolute atomic E-state index is 0.341. The second-order valence-electron chi connectivity index (χ2n) is 14.5. The Labute approximate surface area is 318 Å². The Morgan fingerprint density at radius 2 is 1.20 bits per heavy atom. The summed E-state index contributed by atoms with van der Waals surface area (Å²) in [6.07, 6.45) is 0. The number of aromatic nitrogens is 2. The molecule has 0 fully saturated rings. The van der Waals surface area contributed by atoms with Crippen molar-refractivity contribution in [3.05, 3.63) is 180 Å². The van der Waals surface area contributed by atoms with E-state index in [1.807, 2.05) is 60.7 Å². The van der Waals surface area contributed by atoms with Gasteiger partial charge in [-0.1, -0.05) is 141 Å². The molecule has 0 saturated heterocycles. The summed E-state index contributed by atoms with van der Waals surface area (Å²) in [4.78, 5) is 10.3. The van der Waals surface area contributed by atoms with E-state index in [4.69, 9.17) is 19.1 Å². The molecule has 260 valence electrons. The van der Waals surface area contributed by atoms with Crippen molar-refractivity contribution >= 4 is 21.9 Å². The van der Waals surface area contributed by atoms with Crippen LogP contribution in [0.25, 0.3) is 78.1 Å². The summed E-state index contributed by atoms with van der Waals surface area (Å²) >= 11 is 0. The van der Waals surface area contributed by atoms with Gasteiger partial charge in [-0.25, -0.2) is 9.97 Å². The van der Waals surface area contributed by atoms with Gasteiger partial charge in [0.1, 0.15) is 22.7 Å². The van der Waals surface area contributed by atoms with Gasteiger partial charge in [-0.2, -0.15) is 5.26 Å². The zero-order valence-corrected chi connectivity index (χ0v) is 30.2. The molecule has 9 aromatic rings. The monoisotopic (exact) mass is 707 g/mol. The minimum Gasteiger partial charge on any atom is -0.457 e. The maximum Gasteiger partial charge on any atom is 0.160 e. The molecule has 1 aliphatic rings. The van der Waals surface area contributed by atoms with Crippen LogP contribution in [0.15, 0.2) is 168 Å². The number of hydrogen-bond donors (Lipinski definition) is 0. The highest BCUT2D eigenvalue weighted by atomic mass is 16.5. The number of hydrogen-bond acceptors (Lipinski definition) is 5. The highest BCUT2D eigenvalue weighted by Gasteiger charge is 2.35. The van der Waals surface area contributed by atoms with Crippen LogP contribution in [0.5, 0.6) is 11.5 Å². The average Bonchev–Trinajstić information content (AvgIpc) is 3.63. The second kappa shape index (κ2) is 12.7. The molecule has 0 saturated carbocycles. The number of benzene rings is 7. The number of para-hydroxylation sites is 2. The van der Waals surface area contributed by atoms with Crippen molar-refractivity contribution in [3.63, 3.8) is 0 Å². The molecular weight excluding hydrogens is 675 g/mol. The number of rotatable bonds is 5. The van der Waals surface area contributed by atoms with Crippen LogP contribution in [0.2, 0.25) is 0 Å². The first-order valence-electron chi connectivity index (χ1n) is 18.4. The zero-order valence-electron chi connectivity index (χ0n) is 30.2. The summed E-state index contributed by atoms with van der Waals surface area (Å²) in [5.41, 5.74) is 13.0. The molecule has 0 bridgehead atoms. The molecule has 0 unspecified atom stereocenters. The van der Waals surface area contributed by atoms with E-state index >= 15 is 0 Å². The van der Waals surface area contributed by atoms with E-state index in [9.17, 15) is 5.26 Å². The van der Waals surface area contributed by atoms with E-state index in [2.05, 4.69) is 123 Å². The van der Waals surface area contributed by atoms with Crippen LogP contribution < -0.4 is 4.74 Å². The molecule has 5 nitrogen and oxygen atoms in total. The van der Waals surface area contributed by atoms with Gasteiger partial charge < -0.3 is 9.15 Å². The summed E-state index contributed by atoms with van der Waals surface area (Å²) < 4.78 is 12.7. The van der Waals surface area contributed by atoms with Crippen molar-refractivity contribution in [2.24, 2.45) is 0 Å². The van der Waals surface area contributed by atoms with Gasteiger partial charge >= 0.3 is 0 Å². The third-order valence-electron chi connectivity index (χ3n) is 10.8.